The molecule has 7 nitrogen and oxygen atoms in total. The van der Waals surface area contributed by atoms with Crippen LogP contribution in [0.1, 0.15) is 34.9 Å². The number of hydrogen-bond donors (Lipinski definition) is 0. The minimum Gasteiger partial charge on any atom is -0.351 e. The van der Waals surface area contributed by atoms with Gasteiger partial charge in [-0.2, -0.15) is 10.2 Å². The highest BCUT2D eigenvalue weighted by molar-refractivity contribution is 5.92. The van der Waals surface area contributed by atoms with Crippen LogP contribution in [0.2, 0.25) is 0 Å². The van der Waals surface area contributed by atoms with Crippen LogP contribution in [0.15, 0.2) is 24.4 Å². The maximum atomic E-state index is 12.4. The van der Waals surface area contributed by atoms with Crippen molar-refractivity contribution in [3.8, 4) is 0 Å². The second-order valence-electron chi connectivity index (χ2n) is 6.41. The van der Waals surface area contributed by atoms with Crippen LogP contribution in [0.3, 0.4) is 0 Å². The van der Waals surface area contributed by atoms with Crippen molar-refractivity contribution in [2.75, 3.05) is 25.0 Å². The van der Waals surface area contributed by atoms with Crippen LogP contribution in [0.4, 0.5) is 5.82 Å². The molecule has 1 saturated carbocycles. The lowest BCUT2D eigenvalue weighted by Gasteiger charge is -2.44. The Morgan fingerprint density at radius 2 is 2.00 bits per heavy atom. The predicted octanol–water partition coefficient (Wildman–Crippen LogP) is 1.05. The molecule has 2 fully saturated rings. The highest BCUT2D eigenvalue weighted by Gasteiger charge is 2.34. The number of likely N-dealkylation sites (N-methyl/N-ethyl adjacent to an activating group) is 1. The Hall–Kier alpha value is -2.44. The van der Waals surface area contributed by atoms with Gasteiger partial charge in [-0.3, -0.25) is 9.48 Å². The van der Waals surface area contributed by atoms with Gasteiger partial charge in [-0.25, -0.2) is 0 Å². The molecule has 1 aliphatic carbocycles. The molecule has 0 radical (unpaired) electrons. The van der Waals surface area contributed by atoms with Crippen molar-refractivity contribution in [3.05, 3.63) is 35.8 Å². The number of carbonyl (C=O) groups excluding carboxylic acids is 1. The molecule has 7 heteroatoms. The summed E-state index contributed by atoms with van der Waals surface area (Å²) in [7, 11) is 3.63. The van der Waals surface area contributed by atoms with Gasteiger partial charge in [-0.1, -0.05) is 0 Å². The van der Waals surface area contributed by atoms with E-state index < -0.39 is 0 Å². The van der Waals surface area contributed by atoms with E-state index in [0.29, 0.717) is 11.6 Å². The first kappa shape index (κ1) is 14.2. The lowest BCUT2D eigenvalue weighted by Crippen LogP contribution is -2.60. The molecule has 0 aromatic carbocycles. The van der Waals surface area contributed by atoms with Crippen LogP contribution >= 0.6 is 0 Å². The van der Waals surface area contributed by atoms with Crippen molar-refractivity contribution in [2.24, 2.45) is 7.05 Å². The summed E-state index contributed by atoms with van der Waals surface area (Å²) in [5.74, 6) is 1.53. The molecule has 2 aliphatic rings. The molecule has 0 unspecified atom stereocenters. The summed E-state index contributed by atoms with van der Waals surface area (Å²) >= 11 is 0. The number of nitrogens with zero attached hydrogens (tertiary/aromatic N) is 6. The van der Waals surface area contributed by atoms with E-state index in [1.165, 1.54) is 12.8 Å². The lowest BCUT2D eigenvalue weighted by atomic mass is 10.1. The second kappa shape index (κ2) is 5.33. The van der Waals surface area contributed by atoms with E-state index >= 15 is 0 Å². The second-order valence-corrected chi connectivity index (χ2v) is 6.41. The average Bonchev–Trinajstić information content (AvgIpc) is 3.27. The van der Waals surface area contributed by atoms with Crippen LogP contribution < -0.4 is 4.90 Å². The predicted molar refractivity (Wildman–Crippen MR) is 85.3 cm³/mol. The molecule has 3 heterocycles. The fourth-order valence-electron chi connectivity index (χ4n) is 2.92. The van der Waals surface area contributed by atoms with Gasteiger partial charge < -0.3 is 9.80 Å². The highest BCUT2D eigenvalue weighted by Crippen LogP contribution is 2.38. The molecule has 0 spiro atoms. The van der Waals surface area contributed by atoms with Crippen molar-refractivity contribution in [1.82, 2.24) is 24.9 Å². The van der Waals surface area contributed by atoms with E-state index in [-0.39, 0.29) is 11.9 Å². The van der Waals surface area contributed by atoms with Crippen molar-refractivity contribution < 1.29 is 4.79 Å². The molecule has 0 atom stereocenters. The van der Waals surface area contributed by atoms with Crippen LogP contribution in [0.5, 0.6) is 0 Å². The van der Waals surface area contributed by atoms with Gasteiger partial charge in [0.25, 0.3) is 5.91 Å². The van der Waals surface area contributed by atoms with Crippen LogP contribution in [-0.4, -0.2) is 57.0 Å². The summed E-state index contributed by atoms with van der Waals surface area (Å²) in [5, 5.41) is 12.7. The SMILES string of the molecule is CN(C(=O)c1ccnn1C)C1CN(c2ccc(C3CC3)nn2)C1. The Bertz CT molecular complexity index is 714. The molecule has 2 aromatic heterocycles. The molecule has 1 saturated heterocycles. The first-order valence-corrected chi connectivity index (χ1v) is 7.97. The zero-order valence-corrected chi connectivity index (χ0v) is 13.4. The van der Waals surface area contributed by atoms with Gasteiger partial charge in [0.2, 0.25) is 0 Å². The Morgan fingerprint density at radius 3 is 2.57 bits per heavy atom. The molecule has 1 aliphatic heterocycles. The molecular formula is C16H20N6O. The zero-order chi connectivity index (χ0) is 16.0. The number of aromatic nitrogens is 4. The number of aryl methyl sites for hydroxylation is 1. The maximum Gasteiger partial charge on any atom is 0.272 e. The normalized spacial score (nSPS) is 17.9. The third-order valence-corrected chi connectivity index (χ3v) is 4.76. The lowest BCUT2D eigenvalue weighted by molar-refractivity contribution is 0.0694. The molecule has 23 heavy (non-hydrogen) atoms. The minimum absolute atomic E-state index is 0.00446. The zero-order valence-electron chi connectivity index (χ0n) is 13.4. The summed E-state index contributed by atoms with van der Waals surface area (Å²) in [5.41, 5.74) is 1.72. The van der Waals surface area contributed by atoms with Gasteiger partial charge in [-0.05, 0) is 31.0 Å². The summed E-state index contributed by atoms with van der Waals surface area (Å²) in [6.07, 6.45) is 4.12. The maximum absolute atomic E-state index is 12.4. The van der Waals surface area contributed by atoms with E-state index in [4.69, 9.17) is 0 Å². The van der Waals surface area contributed by atoms with E-state index in [1.54, 1.807) is 28.9 Å². The largest absolute Gasteiger partial charge is 0.351 e. The van der Waals surface area contributed by atoms with Crippen LogP contribution in [0, 0.1) is 0 Å². The Morgan fingerprint density at radius 1 is 1.22 bits per heavy atom. The van der Waals surface area contributed by atoms with Crippen molar-refractivity contribution >= 4 is 11.7 Å². The van der Waals surface area contributed by atoms with E-state index in [2.05, 4.69) is 26.3 Å². The topological polar surface area (TPSA) is 67.2 Å². The smallest absolute Gasteiger partial charge is 0.272 e. The highest BCUT2D eigenvalue weighted by atomic mass is 16.2. The third kappa shape index (κ3) is 2.56. The number of carbonyl (C=O) groups is 1. The van der Waals surface area contributed by atoms with Crippen molar-refractivity contribution in [1.29, 1.82) is 0 Å². The van der Waals surface area contributed by atoms with Gasteiger partial charge >= 0.3 is 0 Å². The summed E-state index contributed by atoms with van der Waals surface area (Å²) in [4.78, 5) is 16.4. The molecular weight excluding hydrogens is 292 g/mol. The minimum atomic E-state index is 0.00446. The monoisotopic (exact) mass is 312 g/mol. The molecule has 0 N–H and O–H groups in total. The first-order valence-electron chi connectivity index (χ1n) is 7.97. The molecule has 2 aromatic rings. The Balaban J connectivity index is 1.37. The van der Waals surface area contributed by atoms with Gasteiger partial charge in [0, 0.05) is 39.3 Å². The molecule has 4 rings (SSSR count). The number of anilines is 1. The third-order valence-electron chi connectivity index (χ3n) is 4.76. The first-order chi connectivity index (χ1) is 11.1. The van der Waals surface area contributed by atoms with Gasteiger partial charge in [0.05, 0.1) is 11.7 Å². The molecule has 120 valence electrons. The quantitative estimate of drug-likeness (QED) is 0.844. The molecule has 1 amide bonds. The van der Waals surface area contributed by atoms with E-state index in [9.17, 15) is 4.79 Å². The fourth-order valence-corrected chi connectivity index (χ4v) is 2.92. The van der Waals surface area contributed by atoms with Gasteiger partial charge in [0.1, 0.15) is 5.69 Å². The van der Waals surface area contributed by atoms with Crippen molar-refractivity contribution in [2.45, 2.75) is 24.8 Å². The summed E-state index contributed by atoms with van der Waals surface area (Å²) < 4.78 is 1.61. The summed E-state index contributed by atoms with van der Waals surface area (Å²) in [6.45, 7) is 1.58. The van der Waals surface area contributed by atoms with Crippen LogP contribution in [0.25, 0.3) is 0 Å². The van der Waals surface area contributed by atoms with Gasteiger partial charge in [0.15, 0.2) is 5.82 Å². The number of amides is 1. The van der Waals surface area contributed by atoms with Crippen molar-refractivity contribution in [3.63, 3.8) is 0 Å². The van der Waals surface area contributed by atoms with Crippen LogP contribution in [-0.2, 0) is 7.05 Å². The van der Waals surface area contributed by atoms with Gasteiger partial charge in [-0.15, -0.1) is 5.10 Å². The average molecular weight is 312 g/mol. The van der Waals surface area contributed by atoms with E-state index in [0.717, 1.165) is 24.6 Å². The molecule has 0 bridgehead atoms. The number of hydrogen-bond acceptors (Lipinski definition) is 5. The Kier molecular flexibility index (Phi) is 3.28. The number of rotatable bonds is 4. The summed E-state index contributed by atoms with van der Waals surface area (Å²) in [6, 6.07) is 6.07. The van der Waals surface area contributed by atoms with E-state index in [1.807, 2.05) is 13.1 Å². The Labute approximate surface area is 134 Å². The fraction of sp³-hybridized carbons (Fsp3) is 0.500. The standard InChI is InChI=1S/C16H20N6O/c1-20(16(23)14-7-8-17-21(14)2)12-9-22(10-12)15-6-5-13(18-19-15)11-3-4-11/h5-8,11-12H,3-4,9-10H2,1-2H3.